The second kappa shape index (κ2) is 7.64. The van der Waals surface area contributed by atoms with Crippen molar-refractivity contribution < 1.29 is 5.11 Å². The Morgan fingerprint density at radius 3 is 2.64 bits per heavy atom. The molecule has 2 heterocycles. The van der Waals surface area contributed by atoms with Crippen molar-refractivity contribution in [3.63, 3.8) is 0 Å². The normalized spacial score (nSPS) is 20.1. The van der Waals surface area contributed by atoms with Gasteiger partial charge in [-0.05, 0) is 65.7 Å². The molecule has 1 unspecified atom stereocenters. The zero-order valence-corrected chi connectivity index (χ0v) is 17.3. The lowest BCUT2D eigenvalue weighted by Gasteiger charge is -2.35. The number of benzene rings is 2. The molecule has 1 aromatic heterocycles. The van der Waals surface area contributed by atoms with E-state index in [0.29, 0.717) is 0 Å². The van der Waals surface area contributed by atoms with Crippen LogP contribution in [0.1, 0.15) is 16.7 Å². The fraction of sp³-hybridized carbons (Fsp3) is 0.409. The summed E-state index contributed by atoms with van der Waals surface area (Å²) in [5, 5.41) is 12.0. The van der Waals surface area contributed by atoms with Crippen LogP contribution in [-0.2, 0) is 19.3 Å². The van der Waals surface area contributed by atoms with Gasteiger partial charge in [0.15, 0.2) is 0 Å². The average Bonchev–Trinajstić information content (AvgIpc) is 3.29. The van der Waals surface area contributed by atoms with Crippen molar-refractivity contribution in [3.8, 4) is 0 Å². The Kier molecular flexibility index (Phi) is 5.01. The number of hydrogen-bond donors (Lipinski definition) is 1. The third kappa shape index (κ3) is 3.52. The van der Waals surface area contributed by atoms with E-state index in [1.165, 1.54) is 26.8 Å². The zero-order valence-electron chi connectivity index (χ0n) is 15.8. The van der Waals surface area contributed by atoms with E-state index in [1.54, 1.807) is 11.5 Å². The number of piperazine rings is 1. The lowest BCUT2D eigenvalue weighted by Crippen LogP contribution is -2.47. The molecule has 0 radical (unpaired) electrons. The van der Waals surface area contributed by atoms with Crippen molar-refractivity contribution in [1.82, 2.24) is 9.27 Å². The second-order valence-corrected chi connectivity index (χ2v) is 9.07. The minimum Gasteiger partial charge on any atom is -0.392 e. The van der Waals surface area contributed by atoms with E-state index in [4.69, 9.17) is 16.0 Å². The Morgan fingerprint density at radius 2 is 1.82 bits per heavy atom. The van der Waals surface area contributed by atoms with E-state index in [9.17, 15) is 5.11 Å². The first-order valence-electron chi connectivity index (χ1n) is 9.97. The van der Waals surface area contributed by atoms with Crippen molar-refractivity contribution >= 4 is 39.0 Å². The third-order valence-corrected chi connectivity index (χ3v) is 7.18. The summed E-state index contributed by atoms with van der Waals surface area (Å²) < 4.78 is 5.96. The van der Waals surface area contributed by atoms with Gasteiger partial charge in [-0.2, -0.15) is 4.37 Å². The van der Waals surface area contributed by atoms with E-state index < -0.39 is 0 Å². The average molecular weight is 414 g/mol. The summed E-state index contributed by atoms with van der Waals surface area (Å²) in [5.74, 6) is 1.14. The minimum atomic E-state index is -0.240. The van der Waals surface area contributed by atoms with Crippen LogP contribution in [0.5, 0.6) is 0 Å². The number of aliphatic hydroxyl groups excluding tert-OH is 1. The maximum Gasteiger partial charge on any atom is 0.150 e. The van der Waals surface area contributed by atoms with Crippen molar-refractivity contribution in [2.24, 2.45) is 0 Å². The predicted octanol–water partition coefficient (Wildman–Crippen LogP) is 3.77. The molecule has 28 heavy (non-hydrogen) atoms. The molecular weight excluding hydrogens is 390 g/mol. The molecule has 1 N–H and O–H groups in total. The summed E-state index contributed by atoms with van der Waals surface area (Å²) in [7, 11) is 0. The van der Waals surface area contributed by atoms with Crippen LogP contribution in [0, 0.1) is 0 Å². The number of nitrogens with zero attached hydrogens (tertiary/aromatic N) is 3. The fourth-order valence-corrected chi connectivity index (χ4v) is 5.50. The molecule has 1 fully saturated rings. The van der Waals surface area contributed by atoms with Gasteiger partial charge in [0.25, 0.3) is 0 Å². The number of aliphatic hydroxyl groups is 1. The van der Waals surface area contributed by atoms with Crippen LogP contribution in [0.25, 0.3) is 10.1 Å². The number of fused-ring (bicyclic) bond motifs is 2. The Balaban J connectivity index is 1.20. The number of aromatic nitrogens is 1. The molecule has 1 saturated heterocycles. The van der Waals surface area contributed by atoms with Crippen molar-refractivity contribution in [2.45, 2.75) is 25.4 Å². The lowest BCUT2D eigenvalue weighted by molar-refractivity contribution is 0.187. The van der Waals surface area contributed by atoms with Crippen LogP contribution in [-0.4, -0.2) is 53.2 Å². The van der Waals surface area contributed by atoms with Gasteiger partial charge in [-0.15, -0.1) is 0 Å². The highest BCUT2D eigenvalue weighted by molar-refractivity contribution is 7.13. The van der Waals surface area contributed by atoms with Gasteiger partial charge in [-0.3, -0.25) is 4.90 Å². The van der Waals surface area contributed by atoms with Gasteiger partial charge in [0.2, 0.25) is 0 Å². The molecule has 146 valence electrons. The van der Waals surface area contributed by atoms with Crippen LogP contribution >= 0.6 is 23.1 Å². The lowest BCUT2D eigenvalue weighted by atomic mass is 10.0. The molecule has 2 aliphatic rings. The predicted molar refractivity (Wildman–Crippen MR) is 117 cm³/mol. The number of hydrogen-bond acceptors (Lipinski definition) is 5. The molecule has 1 aliphatic heterocycles. The van der Waals surface area contributed by atoms with Gasteiger partial charge >= 0.3 is 0 Å². The van der Waals surface area contributed by atoms with Crippen molar-refractivity contribution in [1.29, 1.82) is 0 Å². The summed E-state index contributed by atoms with van der Waals surface area (Å²) in [4.78, 5) is 4.93. The highest BCUT2D eigenvalue weighted by atomic mass is 35.5. The molecule has 0 saturated carbocycles. The number of anilines is 1. The number of halogens is 1. The molecular formula is C22H24ClN3OS. The van der Waals surface area contributed by atoms with E-state index in [-0.39, 0.29) is 6.10 Å². The van der Waals surface area contributed by atoms with Crippen LogP contribution in [0.3, 0.4) is 0 Å². The smallest absolute Gasteiger partial charge is 0.150 e. The van der Waals surface area contributed by atoms with Crippen LogP contribution in [0.2, 0.25) is 5.02 Å². The van der Waals surface area contributed by atoms with Crippen LogP contribution < -0.4 is 4.90 Å². The van der Waals surface area contributed by atoms with Crippen molar-refractivity contribution in [3.05, 3.63) is 58.1 Å². The van der Waals surface area contributed by atoms with Gasteiger partial charge in [-0.1, -0.05) is 29.8 Å². The minimum absolute atomic E-state index is 0.240. The summed E-state index contributed by atoms with van der Waals surface area (Å²) in [6.07, 6.45) is 2.22. The second-order valence-electron chi connectivity index (χ2n) is 7.86. The van der Waals surface area contributed by atoms with Gasteiger partial charge in [0.1, 0.15) is 5.82 Å². The maximum atomic E-state index is 9.88. The molecule has 3 aromatic rings. The molecule has 0 amide bonds. The van der Waals surface area contributed by atoms with E-state index in [2.05, 4.69) is 46.2 Å². The van der Waals surface area contributed by atoms with E-state index in [0.717, 1.165) is 62.8 Å². The quantitative estimate of drug-likeness (QED) is 0.706. The summed E-state index contributed by atoms with van der Waals surface area (Å²) >= 11 is 8.09. The molecule has 6 heteroatoms. The highest BCUT2D eigenvalue weighted by Gasteiger charge is 2.23. The van der Waals surface area contributed by atoms with Gasteiger partial charge in [0.05, 0.1) is 10.8 Å². The maximum absolute atomic E-state index is 9.88. The Hall–Kier alpha value is -1.66. The summed E-state index contributed by atoms with van der Waals surface area (Å²) in [6, 6.07) is 12.8. The first-order valence-corrected chi connectivity index (χ1v) is 11.1. The topological polar surface area (TPSA) is 39.6 Å². The van der Waals surface area contributed by atoms with Gasteiger partial charge in [0, 0.05) is 43.1 Å². The molecule has 0 spiro atoms. The number of rotatable bonds is 4. The molecule has 2 aromatic carbocycles. The Labute approximate surface area is 174 Å². The van der Waals surface area contributed by atoms with Crippen molar-refractivity contribution in [2.75, 3.05) is 37.6 Å². The van der Waals surface area contributed by atoms with E-state index in [1.807, 2.05) is 0 Å². The first-order chi connectivity index (χ1) is 13.7. The van der Waals surface area contributed by atoms with Crippen LogP contribution in [0.15, 0.2) is 36.4 Å². The molecule has 0 bridgehead atoms. The van der Waals surface area contributed by atoms with Gasteiger partial charge < -0.3 is 10.0 Å². The summed E-state index contributed by atoms with van der Waals surface area (Å²) in [6.45, 7) is 5.14. The summed E-state index contributed by atoms with van der Waals surface area (Å²) in [5.41, 5.74) is 3.69. The third-order valence-electron chi connectivity index (χ3n) is 6.01. The molecule has 4 nitrogen and oxygen atoms in total. The largest absolute Gasteiger partial charge is 0.392 e. The standard InChI is InChI=1S/C22H24ClN3OS/c23-20-14-17-13-18(27)12-16(17)11-15(20)5-6-25-7-9-26(10-8-25)22-19-3-1-2-4-21(19)28-24-22/h1-4,11,14,18,27H,5-10,12-13H2. The molecule has 5 rings (SSSR count). The zero-order chi connectivity index (χ0) is 19.1. The van der Waals surface area contributed by atoms with Crippen LogP contribution in [0.4, 0.5) is 5.82 Å². The Morgan fingerprint density at radius 1 is 1.07 bits per heavy atom. The molecule has 1 aliphatic carbocycles. The fourth-order valence-electron chi connectivity index (χ4n) is 4.42. The monoisotopic (exact) mass is 413 g/mol. The van der Waals surface area contributed by atoms with E-state index >= 15 is 0 Å². The SMILES string of the molecule is OC1Cc2cc(Cl)c(CCN3CCN(c4nsc5ccccc45)CC3)cc2C1. The van der Waals surface area contributed by atoms with Gasteiger partial charge in [-0.25, -0.2) is 0 Å². The Bertz CT molecular complexity index is 997. The first kappa shape index (κ1) is 18.4. The molecule has 1 atom stereocenters. The highest BCUT2D eigenvalue weighted by Crippen LogP contribution is 2.31.